The molecule has 140 valence electrons. The van der Waals surface area contributed by atoms with E-state index >= 15 is 0 Å². The maximum atomic E-state index is 10.7. The first kappa shape index (κ1) is 19.1. The normalized spacial score (nSPS) is 12.0. The average Bonchev–Trinajstić information content (AvgIpc) is 2.61. The van der Waals surface area contributed by atoms with Gasteiger partial charge in [-0.3, -0.25) is 4.21 Å². The van der Waals surface area contributed by atoms with E-state index in [2.05, 4.69) is 30.0 Å². The lowest BCUT2D eigenvalue weighted by molar-refractivity contribution is 0.522. The largest absolute Gasteiger partial charge is 0.760 e. The summed E-state index contributed by atoms with van der Waals surface area (Å²) >= 11 is 3.62. The molecule has 0 radical (unpaired) electrons. The molecule has 11 heteroatoms. The lowest BCUT2D eigenvalue weighted by Gasteiger charge is -2.13. The van der Waals surface area contributed by atoms with Gasteiger partial charge in [-0.2, -0.15) is 0 Å². The Hall–Kier alpha value is -2.66. The van der Waals surface area contributed by atoms with Crippen molar-refractivity contribution in [2.24, 2.45) is 0 Å². The number of pyridine rings is 2. The summed E-state index contributed by atoms with van der Waals surface area (Å²) in [5.41, 5.74) is 8.28. The molecule has 1 unspecified atom stereocenters. The van der Waals surface area contributed by atoms with E-state index < -0.39 is 11.3 Å². The third kappa shape index (κ3) is 4.95. The number of nitrogens with one attached hydrogen (secondary N) is 2. The number of anilines is 3. The van der Waals surface area contributed by atoms with Crippen LogP contribution in [0, 0.1) is 6.92 Å². The predicted octanol–water partition coefficient (Wildman–Crippen LogP) is 2.10. The fourth-order valence-electron chi connectivity index (χ4n) is 2.40. The number of halogens is 1. The topological polar surface area (TPSA) is 142 Å². The van der Waals surface area contributed by atoms with Crippen LogP contribution in [0.2, 0.25) is 5.15 Å². The van der Waals surface area contributed by atoms with Crippen LogP contribution in [0.15, 0.2) is 36.7 Å². The Balaban J connectivity index is 1.93. The van der Waals surface area contributed by atoms with Gasteiger partial charge in [0.05, 0.1) is 17.6 Å². The Morgan fingerprint density at radius 2 is 2.11 bits per heavy atom. The van der Waals surface area contributed by atoms with Crippen molar-refractivity contribution in [1.29, 1.82) is 0 Å². The Labute approximate surface area is 162 Å². The molecule has 9 nitrogen and oxygen atoms in total. The van der Waals surface area contributed by atoms with E-state index in [0.717, 1.165) is 5.56 Å². The summed E-state index contributed by atoms with van der Waals surface area (Å²) in [7, 11) is 0. The molecule has 0 aromatic carbocycles. The minimum atomic E-state index is -2.40. The van der Waals surface area contributed by atoms with Gasteiger partial charge in [-0.05, 0) is 25.1 Å². The summed E-state index contributed by atoms with van der Waals surface area (Å²) < 4.78 is 23.6. The minimum Gasteiger partial charge on any atom is -0.760 e. The number of aromatic nitrogens is 4. The molecular formula is C16H15ClN7O2S-. The highest BCUT2D eigenvalue weighted by Gasteiger charge is 2.11. The van der Waals surface area contributed by atoms with Crippen molar-refractivity contribution in [3.8, 4) is 11.3 Å². The summed E-state index contributed by atoms with van der Waals surface area (Å²) in [4.78, 5) is 16.9. The van der Waals surface area contributed by atoms with Crippen molar-refractivity contribution in [3.63, 3.8) is 0 Å². The van der Waals surface area contributed by atoms with Crippen molar-refractivity contribution < 1.29 is 8.76 Å². The Bertz CT molecular complexity index is 982. The van der Waals surface area contributed by atoms with E-state index in [1.165, 1.54) is 6.20 Å². The molecule has 3 rings (SSSR count). The van der Waals surface area contributed by atoms with Crippen LogP contribution in [0.3, 0.4) is 0 Å². The number of nitrogens with zero attached hydrogens (tertiary/aromatic N) is 4. The molecule has 1 atom stereocenters. The van der Waals surface area contributed by atoms with Gasteiger partial charge >= 0.3 is 0 Å². The molecule has 0 amide bonds. The Kier molecular flexibility index (Phi) is 5.91. The van der Waals surface area contributed by atoms with Gasteiger partial charge in [0.2, 0.25) is 0 Å². The fraction of sp³-hybridized carbons (Fsp3) is 0.125. The summed E-state index contributed by atoms with van der Waals surface area (Å²) in [6, 6.07) is 6.98. The lowest BCUT2D eigenvalue weighted by Crippen LogP contribution is -2.16. The lowest BCUT2D eigenvalue weighted by atomic mass is 10.1. The van der Waals surface area contributed by atoms with Gasteiger partial charge < -0.3 is 15.6 Å². The van der Waals surface area contributed by atoms with Gasteiger partial charge in [0.15, 0.2) is 0 Å². The van der Waals surface area contributed by atoms with Crippen LogP contribution in [0.5, 0.6) is 0 Å². The highest BCUT2D eigenvalue weighted by Crippen LogP contribution is 2.28. The van der Waals surface area contributed by atoms with Gasteiger partial charge in [0, 0.05) is 41.2 Å². The number of hydrogen-bond acceptors (Lipinski definition) is 8. The summed E-state index contributed by atoms with van der Waals surface area (Å²) in [6.07, 6.45) is 3.16. The van der Waals surface area contributed by atoms with E-state index in [-0.39, 0.29) is 11.7 Å². The number of rotatable bonds is 6. The van der Waals surface area contributed by atoms with Crippen molar-refractivity contribution in [3.05, 3.63) is 53.2 Å². The first-order chi connectivity index (χ1) is 12.9. The predicted molar refractivity (Wildman–Crippen MR) is 103 cm³/mol. The number of hydrogen-bond donors (Lipinski definition) is 3. The monoisotopic (exact) mass is 404 g/mol. The van der Waals surface area contributed by atoms with Gasteiger partial charge in [0.1, 0.15) is 22.6 Å². The zero-order valence-corrected chi connectivity index (χ0v) is 15.7. The second-order valence-corrected chi connectivity index (χ2v) is 6.60. The average molecular weight is 405 g/mol. The zero-order chi connectivity index (χ0) is 19.4. The third-order valence-corrected chi connectivity index (χ3v) is 4.22. The number of aryl methyl sites for hydroxylation is 1. The van der Waals surface area contributed by atoms with E-state index in [9.17, 15) is 8.76 Å². The summed E-state index contributed by atoms with van der Waals surface area (Å²) in [5.74, 6) is 1.44. The maximum absolute atomic E-state index is 10.7. The molecule has 0 saturated carbocycles. The van der Waals surface area contributed by atoms with E-state index in [4.69, 9.17) is 17.3 Å². The highest BCUT2D eigenvalue weighted by molar-refractivity contribution is 7.77. The zero-order valence-electron chi connectivity index (χ0n) is 14.1. The number of nitrogen functional groups attached to an aromatic ring is 1. The molecule has 0 aliphatic heterocycles. The van der Waals surface area contributed by atoms with Gasteiger partial charge in [0.25, 0.3) is 0 Å². The van der Waals surface area contributed by atoms with Crippen LogP contribution in [0.1, 0.15) is 11.4 Å². The molecule has 27 heavy (non-hydrogen) atoms. The van der Waals surface area contributed by atoms with E-state index in [1.807, 2.05) is 6.07 Å². The van der Waals surface area contributed by atoms with Gasteiger partial charge in [-0.25, -0.2) is 24.7 Å². The van der Waals surface area contributed by atoms with Crippen LogP contribution in [0.25, 0.3) is 11.3 Å². The van der Waals surface area contributed by atoms with Crippen molar-refractivity contribution >= 4 is 40.2 Å². The fourth-order valence-corrected chi connectivity index (χ4v) is 2.84. The molecule has 0 fully saturated rings. The molecule has 3 aromatic heterocycles. The molecule has 0 saturated heterocycles. The second-order valence-electron chi connectivity index (χ2n) is 5.48. The second kappa shape index (κ2) is 8.35. The van der Waals surface area contributed by atoms with Crippen molar-refractivity contribution in [2.75, 3.05) is 11.1 Å². The minimum absolute atomic E-state index is 0.0220. The van der Waals surface area contributed by atoms with Crippen LogP contribution in [-0.2, 0) is 17.8 Å². The summed E-state index contributed by atoms with van der Waals surface area (Å²) in [5, 5.41) is 3.36. The van der Waals surface area contributed by atoms with E-state index in [0.29, 0.717) is 34.4 Å². The van der Waals surface area contributed by atoms with Crippen LogP contribution < -0.4 is 15.8 Å². The Morgan fingerprint density at radius 1 is 1.30 bits per heavy atom. The third-order valence-electron chi connectivity index (χ3n) is 3.50. The molecule has 4 N–H and O–H groups in total. The van der Waals surface area contributed by atoms with Gasteiger partial charge in [-0.15, -0.1) is 0 Å². The maximum Gasteiger partial charge on any atom is 0.139 e. The van der Waals surface area contributed by atoms with Crippen LogP contribution in [-0.4, -0.2) is 28.7 Å². The quantitative estimate of drug-likeness (QED) is 0.418. The molecule has 0 aliphatic rings. The molecular weight excluding hydrogens is 390 g/mol. The van der Waals surface area contributed by atoms with Gasteiger partial charge in [-0.1, -0.05) is 11.6 Å². The smallest absolute Gasteiger partial charge is 0.139 e. The molecule has 0 aliphatic carbocycles. The van der Waals surface area contributed by atoms with Crippen LogP contribution >= 0.6 is 11.6 Å². The van der Waals surface area contributed by atoms with Crippen molar-refractivity contribution in [2.45, 2.75) is 13.5 Å². The number of nitrogens with two attached hydrogens (primary N) is 1. The molecule has 0 spiro atoms. The first-order valence-electron chi connectivity index (χ1n) is 7.73. The molecule has 0 bridgehead atoms. The first-order valence-corrected chi connectivity index (χ1v) is 9.18. The molecule has 3 aromatic rings. The standard InChI is InChI=1S/C16H16ClN7O2S/c1-9-22-13(6-14(18)23-9)12-3-2-4-19-16(12)24-11-5-10(7-21-27(25)26)15(17)20-8-11/h2-6,8,21H,7H2,1H3,(H,19,24)(H,25,26)(H2,18,22,23)/p-1. The van der Waals surface area contributed by atoms with E-state index in [1.54, 1.807) is 31.3 Å². The van der Waals surface area contributed by atoms with Crippen LogP contribution in [0.4, 0.5) is 17.3 Å². The molecule has 3 heterocycles. The summed E-state index contributed by atoms with van der Waals surface area (Å²) in [6.45, 7) is 1.78. The SMILES string of the molecule is Cc1nc(N)cc(-c2cccnc2Nc2cnc(Cl)c(CNS(=O)[O-])c2)n1. The Morgan fingerprint density at radius 3 is 2.85 bits per heavy atom. The van der Waals surface area contributed by atoms with Crippen molar-refractivity contribution in [1.82, 2.24) is 24.7 Å². The highest BCUT2D eigenvalue weighted by atomic mass is 35.5.